The molecule has 132 valence electrons. The van der Waals surface area contributed by atoms with E-state index in [2.05, 4.69) is 0 Å². The number of nitrogens with zero attached hydrogens (tertiary/aromatic N) is 1. The van der Waals surface area contributed by atoms with Crippen LogP contribution in [0.2, 0.25) is 0 Å². The number of ketones is 1. The van der Waals surface area contributed by atoms with E-state index in [1.54, 1.807) is 16.4 Å². The normalized spacial score (nSPS) is 16.0. The van der Waals surface area contributed by atoms with E-state index in [1.807, 2.05) is 37.3 Å². The lowest BCUT2D eigenvalue weighted by molar-refractivity contribution is 0.101. The maximum atomic E-state index is 13.2. The van der Waals surface area contributed by atoms with E-state index in [-0.39, 0.29) is 16.7 Å². The zero-order valence-electron chi connectivity index (χ0n) is 14.6. The van der Waals surface area contributed by atoms with Crippen molar-refractivity contribution < 1.29 is 13.2 Å². The van der Waals surface area contributed by atoms with E-state index < -0.39 is 10.0 Å². The Morgan fingerprint density at radius 1 is 1.08 bits per heavy atom. The predicted octanol–water partition coefficient (Wildman–Crippen LogP) is 3.88. The van der Waals surface area contributed by atoms with Gasteiger partial charge in [-0.3, -0.25) is 4.79 Å². The number of Topliss-reactive ketones (excluding diaryl/α,β-unsaturated/α-hetero) is 1. The Morgan fingerprint density at radius 2 is 1.68 bits per heavy atom. The minimum Gasteiger partial charge on any atom is -0.295 e. The van der Waals surface area contributed by atoms with E-state index in [4.69, 9.17) is 0 Å². The van der Waals surface area contributed by atoms with E-state index in [9.17, 15) is 13.2 Å². The number of benzene rings is 2. The molecule has 0 spiro atoms. The van der Waals surface area contributed by atoms with Gasteiger partial charge in [0.05, 0.1) is 4.90 Å². The third-order valence-corrected chi connectivity index (χ3v) is 6.75. The summed E-state index contributed by atoms with van der Waals surface area (Å²) < 4.78 is 28.1. The summed E-state index contributed by atoms with van der Waals surface area (Å²) in [5.74, 6) is 0.353. The van der Waals surface area contributed by atoms with Gasteiger partial charge in [-0.15, -0.1) is 0 Å². The number of carbonyl (C=O) groups is 1. The minimum atomic E-state index is -3.62. The van der Waals surface area contributed by atoms with Crippen molar-refractivity contribution in [1.82, 2.24) is 4.31 Å². The topological polar surface area (TPSA) is 54.5 Å². The molecule has 2 aromatic rings. The fourth-order valence-electron chi connectivity index (χ4n) is 3.02. The summed E-state index contributed by atoms with van der Waals surface area (Å²) in [5, 5.41) is 0. The highest BCUT2D eigenvalue weighted by Gasteiger charge is 2.38. The Morgan fingerprint density at radius 3 is 2.20 bits per heavy atom. The molecule has 0 bridgehead atoms. The lowest BCUT2D eigenvalue weighted by atomic mass is 10.2. The molecule has 1 aliphatic carbocycles. The predicted molar refractivity (Wildman–Crippen MR) is 97.8 cm³/mol. The molecule has 0 N–H and O–H groups in total. The molecule has 25 heavy (non-hydrogen) atoms. The smallest absolute Gasteiger partial charge is 0.243 e. The third kappa shape index (κ3) is 3.99. The van der Waals surface area contributed by atoms with Crippen LogP contribution in [0.15, 0.2) is 59.5 Å². The Labute approximate surface area is 149 Å². The summed E-state index contributed by atoms with van der Waals surface area (Å²) in [7, 11) is -3.62. The van der Waals surface area contributed by atoms with Crippen LogP contribution in [-0.2, 0) is 16.6 Å². The van der Waals surface area contributed by atoms with Crippen LogP contribution < -0.4 is 0 Å². The van der Waals surface area contributed by atoms with E-state index in [0.29, 0.717) is 18.0 Å². The minimum absolute atomic E-state index is 0.0438. The molecule has 1 saturated carbocycles. The average Bonchev–Trinajstić information content (AvgIpc) is 3.45. The van der Waals surface area contributed by atoms with Crippen LogP contribution in [-0.4, -0.2) is 24.5 Å². The first-order valence-electron chi connectivity index (χ1n) is 8.56. The standard InChI is InChI=1S/C20H23NO3S/c1-15(18-8-9-18)21(14-17-6-4-3-5-7-17)25(23,24)20-12-10-19(11-13-20)16(2)22/h3-7,10-13,15,18H,8-9,14H2,1-2H3/t15-/m1/s1. The molecule has 1 fully saturated rings. The van der Waals surface area contributed by atoms with Crippen LogP contribution in [0.1, 0.15) is 42.6 Å². The van der Waals surface area contributed by atoms with Crippen molar-refractivity contribution in [3.8, 4) is 0 Å². The average molecular weight is 357 g/mol. The van der Waals surface area contributed by atoms with Gasteiger partial charge in [-0.2, -0.15) is 4.31 Å². The number of hydrogen-bond donors (Lipinski definition) is 0. The van der Waals surface area contributed by atoms with Gasteiger partial charge >= 0.3 is 0 Å². The highest BCUT2D eigenvalue weighted by molar-refractivity contribution is 7.89. The van der Waals surface area contributed by atoms with Gasteiger partial charge in [0.15, 0.2) is 5.78 Å². The SMILES string of the molecule is CC(=O)c1ccc(S(=O)(=O)N(Cc2ccccc2)[C@H](C)C2CC2)cc1. The van der Waals surface area contributed by atoms with Gasteiger partial charge in [-0.05, 0) is 50.3 Å². The molecule has 0 aliphatic heterocycles. The van der Waals surface area contributed by atoms with Gasteiger partial charge in [-0.1, -0.05) is 42.5 Å². The van der Waals surface area contributed by atoms with Gasteiger partial charge in [0, 0.05) is 18.2 Å². The van der Waals surface area contributed by atoms with Crippen LogP contribution in [0.5, 0.6) is 0 Å². The molecule has 5 heteroatoms. The van der Waals surface area contributed by atoms with Gasteiger partial charge in [0.25, 0.3) is 0 Å². The van der Waals surface area contributed by atoms with Crippen molar-refractivity contribution in [3.63, 3.8) is 0 Å². The maximum absolute atomic E-state index is 13.2. The fourth-order valence-corrected chi connectivity index (χ4v) is 4.70. The Bertz CT molecular complexity index is 840. The molecule has 4 nitrogen and oxygen atoms in total. The molecule has 1 atom stereocenters. The number of sulfonamides is 1. The number of rotatable bonds is 7. The van der Waals surface area contributed by atoms with Gasteiger partial charge in [0.2, 0.25) is 10.0 Å². The molecule has 0 heterocycles. The molecule has 2 aromatic carbocycles. The molecule has 0 saturated heterocycles. The Kier molecular flexibility index (Phi) is 5.06. The first-order valence-corrected chi connectivity index (χ1v) is 10.0. The van der Waals surface area contributed by atoms with Crippen molar-refractivity contribution >= 4 is 15.8 Å². The molecule has 3 rings (SSSR count). The highest BCUT2D eigenvalue weighted by Crippen LogP contribution is 2.37. The van der Waals surface area contributed by atoms with Crippen LogP contribution in [0, 0.1) is 5.92 Å². The molecular formula is C20H23NO3S. The molecular weight excluding hydrogens is 334 g/mol. The van der Waals surface area contributed by atoms with Crippen molar-refractivity contribution in [1.29, 1.82) is 0 Å². The molecule has 0 aromatic heterocycles. The molecule has 0 amide bonds. The first-order chi connectivity index (χ1) is 11.9. The van der Waals surface area contributed by atoms with Crippen LogP contribution in [0.4, 0.5) is 0 Å². The van der Waals surface area contributed by atoms with Crippen LogP contribution in [0.25, 0.3) is 0 Å². The van der Waals surface area contributed by atoms with Gasteiger partial charge < -0.3 is 0 Å². The Hall–Kier alpha value is -1.98. The van der Waals surface area contributed by atoms with Crippen molar-refractivity contribution in [2.24, 2.45) is 5.92 Å². The number of hydrogen-bond acceptors (Lipinski definition) is 3. The zero-order valence-corrected chi connectivity index (χ0v) is 15.4. The lowest BCUT2D eigenvalue weighted by Gasteiger charge is -2.28. The monoisotopic (exact) mass is 357 g/mol. The van der Waals surface area contributed by atoms with E-state index >= 15 is 0 Å². The summed E-state index contributed by atoms with van der Waals surface area (Å²) in [5.41, 5.74) is 1.49. The second kappa shape index (κ2) is 7.10. The zero-order chi connectivity index (χ0) is 18.0. The largest absolute Gasteiger partial charge is 0.295 e. The van der Waals surface area contributed by atoms with E-state index in [1.165, 1.54) is 19.1 Å². The first kappa shape index (κ1) is 17.8. The van der Waals surface area contributed by atoms with Gasteiger partial charge in [0.1, 0.15) is 0 Å². The van der Waals surface area contributed by atoms with Crippen molar-refractivity contribution in [2.75, 3.05) is 0 Å². The molecule has 1 aliphatic rings. The van der Waals surface area contributed by atoms with Crippen LogP contribution in [0.3, 0.4) is 0 Å². The summed E-state index contributed by atoms with van der Waals surface area (Å²) in [6.07, 6.45) is 2.15. The summed E-state index contributed by atoms with van der Waals surface area (Å²) in [6, 6.07) is 15.8. The lowest BCUT2D eigenvalue weighted by Crippen LogP contribution is -2.39. The number of carbonyl (C=O) groups excluding carboxylic acids is 1. The summed E-state index contributed by atoms with van der Waals surface area (Å²) in [6.45, 7) is 3.82. The summed E-state index contributed by atoms with van der Waals surface area (Å²) in [4.78, 5) is 11.7. The highest BCUT2D eigenvalue weighted by atomic mass is 32.2. The van der Waals surface area contributed by atoms with Gasteiger partial charge in [-0.25, -0.2) is 8.42 Å². The summed E-state index contributed by atoms with van der Waals surface area (Å²) >= 11 is 0. The van der Waals surface area contributed by atoms with Crippen molar-refractivity contribution in [3.05, 3.63) is 65.7 Å². The van der Waals surface area contributed by atoms with Crippen LogP contribution >= 0.6 is 0 Å². The fraction of sp³-hybridized carbons (Fsp3) is 0.350. The molecule has 0 unspecified atom stereocenters. The third-order valence-electron chi connectivity index (χ3n) is 4.81. The quantitative estimate of drug-likeness (QED) is 0.707. The second-order valence-electron chi connectivity index (χ2n) is 6.69. The second-order valence-corrected chi connectivity index (χ2v) is 8.59. The maximum Gasteiger partial charge on any atom is 0.243 e. The van der Waals surface area contributed by atoms with E-state index in [0.717, 1.165) is 18.4 Å². The van der Waals surface area contributed by atoms with Crippen molar-refractivity contribution in [2.45, 2.75) is 44.2 Å². The molecule has 0 radical (unpaired) electrons. The Balaban J connectivity index is 1.94.